The second kappa shape index (κ2) is 10.1. The van der Waals surface area contributed by atoms with Gasteiger partial charge in [-0.15, -0.1) is 0 Å². The van der Waals surface area contributed by atoms with Gasteiger partial charge < -0.3 is 14.6 Å². The third-order valence-electron chi connectivity index (χ3n) is 6.43. The summed E-state index contributed by atoms with van der Waals surface area (Å²) in [5.74, 6) is 0.794. The van der Waals surface area contributed by atoms with Gasteiger partial charge in [-0.3, -0.25) is 0 Å². The van der Waals surface area contributed by atoms with Crippen LogP contribution >= 0.6 is 23.4 Å². The molecule has 2 aromatic carbocycles. The summed E-state index contributed by atoms with van der Waals surface area (Å²) < 4.78 is 41.8. The van der Waals surface area contributed by atoms with Crippen molar-refractivity contribution in [3.63, 3.8) is 0 Å². The predicted octanol–water partition coefficient (Wildman–Crippen LogP) is 5.40. The lowest BCUT2D eigenvalue weighted by Gasteiger charge is -2.51. The number of halogens is 3. The third kappa shape index (κ3) is 4.72. The number of ether oxygens (including phenoxy) is 2. The number of thioether (sulfide) groups is 1. The number of aliphatic hydroxyl groups is 1. The molecule has 1 saturated heterocycles. The van der Waals surface area contributed by atoms with E-state index < -0.39 is 17.0 Å². The number of aliphatic hydroxyl groups excluding tert-OH is 1. The first-order valence-corrected chi connectivity index (χ1v) is 12.2. The lowest BCUT2D eigenvalue weighted by molar-refractivity contribution is -0.0961. The van der Waals surface area contributed by atoms with Crippen LogP contribution in [0.3, 0.4) is 0 Å². The topological polar surface area (TPSA) is 38.7 Å². The highest BCUT2D eigenvalue weighted by Crippen LogP contribution is 2.52. The summed E-state index contributed by atoms with van der Waals surface area (Å²) in [6.07, 6.45) is 2.65. The van der Waals surface area contributed by atoms with Crippen molar-refractivity contribution in [3.05, 3.63) is 64.2 Å². The fraction of sp³-hybridized carbons (Fsp3) is 0.500. The minimum atomic E-state index is -0.605. The first-order chi connectivity index (χ1) is 15.0. The number of hydrogen-bond donors (Lipinski definition) is 1. The molecule has 2 aliphatic rings. The van der Waals surface area contributed by atoms with Crippen LogP contribution in [0.4, 0.5) is 8.78 Å². The molecule has 0 amide bonds. The van der Waals surface area contributed by atoms with E-state index in [1.54, 1.807) is 11.8 Å². The van der Waals surface area contributed by atoms with Gasteiger partial charge in [0.2, 0.25) is 0 Å². The molecule has 2 heterocycles. The number of benzene rings is 2. The summed E-state index contributed by atoms with van der Waals surface area (Å²) >= 11 is 7.84. The molecular weight excluding hydrogens is 442 g/mol. The van der Waals surface area contributed by atoms with E-state index >= 15 is 4.39 Å². The Morgan fingerprint density at radius 1 is 1.10 bits per heavy atom. The fourth-order valence-electron chi connectivity index (χ4n) is 4.97. The zero-order valence-electron chi connectivity index (χ0n) is 17.3. The van der Waals surface area contributed by atoms with Gasteiger partial charge in [0.1, 0.15) is 5.82 Å². The Kier molecular flexibility index (Phi) is 7.42. The Labute approximate surface area is 191 Å². The molecular formula is C24H27ClF2O3S. The molecule has 1 N–H and O–H groups in total. The number of fused-ring (bicyclic) bond motifs is 3. The van der Waals surface area contributed by atoms with Gasteiger partial charge in [0.05, 0.1) is 12.7 Å². The normalized spacial score (nSPS) is 24.9. The summed E-state index contributed by atoms with van der Waals surface area (Å²) in [7, 11) is 0. The second-order valence-corrected chi connectivity index (χ2v) is 9.91. The first kappa shape index (κ1) is 22.8. The van der Waals surface area contributed by atoms with Crippen LogP contribution in [-0.2, 0) is 16.6 Å². The molecule has 31 heavy (non-hydrogen) atoms. The Morgan fingerprint density at radius 2 is 1.87 bits per heavy atom. The SMILES string of the molecule is OCCCSCC[C@@H]1OCC[C@@]2(Cc3ccc(Cl)cc3)c3c(F)ccc(F)c3OC[C@@H]12. The summed E-state index contributed by atoms with van der Waals surface area (Å²) in [5.41, 5.74) is 0.774. The highest BCUT2D eigenvalue weighted by Gasteiger charge is 2.53. The Morgan fingerprint density at radius 3 is 2.65 bits per heavy atom. The minimum Gasteiger partial charge on any atom is -0.490 e. The van der Waals surface area contributed by atoms with E-state index in [-0.39, 0.29) is 24.4 Å². The van der Waals surface area contributed by atoms with Gasteiger partial charge in [-0.1, -0.05) is 23.7 Å². The molecule has 2 aromatic rings. The quantitative estimate of drug-likeness (QED) is 0.526. The molecule has 168 valence electrons. The Bertz CT molecular complexity index is 895. The molecule has 0 saturated carbocycles. The maximum absolute atomic E-state index is 15.2. The van der Waals surface area contributed by atoms with Crippen molar-refractivity contribution < 1.29 is 23.4 Å². The second-order valence-electron chi connectivity index (χ2n) is 8.25. The van der Waals surface area contributed by atoms with Crippen LogP contribution in [0.2, 0.25) is 5.02 Å². The van der Waals surface area contributed by atoms with Crippen molar-refractivity contribution >= 4 is 23.4 Å². The highest BCUT2D eigenvalue weighted by molar-refractivity contribution is 7.99. The summed E-state index contributed by atoms with van der Waals surface area (Å²) in [4.78, 5) is 0. The standard InChI is InChI=1S/C24H27ClF2O3S/c25-17-4-2-16(3-5-17)14-24-9-11-29-21(8-13-31-12-1-10-28)18(24)15-30-23-20(27)7-6-19(26)22(23)24/h2-7,18,21,28H,1,8-15H2/t18-,21-,24-/m0/s1. The van der Waals surface area contributed by atoms with Crippen molar-refractivity contribution in [1.29, 1.82) is 0 Å². The van der Waals surface area contributed by atoms with Crippen LogP contribution in [0.25, 0.3) is 0 Å². The van der Waals surface area contributed by atoms with Crippen LogP contribution in [0, 0.1) is 17.6 Å². The van der Waals surface area contributed by atoms with E-state index in [1.807, 2.05) is 24.3 Å². The number of hydrogen-bond acceptors (Lipinski definition) is 4. The molecule has 4 rings (SSSR count). The maximum atomic E-state index is 15.2. The van der Waals surface area contributed by atoms with Crippen molar-refractivity contribution in [3.8, 4) is 5.75 Å². The molecule has 0 aromatic heterocycles. The molecule has 0 spiro atoms. The van der Waals surface area contributed by atoms with E-state index in [0.717, 1.165) is 36.0 Å². The summed E-state index contributed by atoms with van der Waals surface area (Å²) in [6.45, 7) is 0.980. The molecule has 0 radical (unpaired) electrons. The van der Waals surface area contributed by atoms with Crippen LogP contribution in [0.15, 0.2) is 36.4 Å². The number of rotatable bonds is 8. The van der Waals surface area contributed by atoms with Gasteiger partial charge in [-0.2, -0.15) is 11.8 Å². The van der Waals surface area contributed by atoms with Crippen molar-refractivity contribution in [2.75, 3.05) is 31.3 Å². The lowest BCUT2D eigenvalue weighted by Crippen LogP contribution is -2.55. The zero-order valence-corrected chi connectivity index (χ0v) is 18.9. The minimum absolute atomic E-state index is 0.0446. The summed E-state index contributed by atoms with van der Waals surface area (Å²) in [5, 5.41) is 9.62. The van der Waals surface area contributed by atoms with Crippen molar-refractivity contribution in [2.45, 2.75) is 37.2 Å². The molecule has 0 bridgehead atoms. The molecule has 1 fully saturated rings. The molecule has 3 atom stereocenters. The van der Waals surface area contributed by atoms with Gasteiger partial charge >= 0.3 is 0 Å². The van der Waals surface area contributed by atoms with Crippen LogP contribution in [-0.4, -0.2) is 42.5 Å². The average Bonchev–Trinajstić information content (AvgIpc) is 2.77. The van der Waals surface area contributed by atoms with E-state index in [2.05, 4.69) is 0 Å². The largest absolute Gasteiger partial charge is 0.490 e. The average molecular weight is 469 g/mol. The van der Waals surface area contributed by atoms with Gasteiger partial charge in [-0.05, 0) is 67.0 Å². The van der Waals surface area contributed by atoms with Gasteiger partial charge in [0, 0.05) is 35.1 Å². The van der Waals surface area contributed by atoms with E-state index in [0.29, 0.717) is 36.6 Å². The van der Waals surface area contributed by atoms with Crippen molar-refractivity contribution in [1.82, 2.24) is 0 Å². The maximum Gasteiger partial charge on any atom is 0.165 e. The zero-order chi connectivity index (χ0) is 21.8. The highest BCUT2D eigenvalue weighted by atomic mass is 35.5. The van der Waals surface area contributed by atoms with Crippen molar-refractivity contribution in [2.24, 2.45) is 5.92 Å². The van der Waals surface area contributed by atoms with Crippen LogP contribution < -0.4 is 4.74 Å². The molecule has 0 unspecified atom stereocenters. The van der Waals surface area contributed by atoms with Crippen LogP contribution in [0.1, 0.15) is 30.4 Å². The predicted molar refractivity (Wildman–Crippen MR) is 120 cm³/mol. The molecule has 2 aliphatic heterocycles. The molecule has 0 aliphatic carbocycles. The van der Waals surface area contributed by atoms with Gasteiger partial charge in [-0.25, -0.2) is 8.78 Å². The lowest BCUT2D eigenvalue weighted by atomic mass is 9.60. The first-order valence-electron chi connectivity index (χ1n) is 10.7. The smallest absolute Gasteiger partial charge is 0.165 e. The molecule has 3 nitrogen and oxygen atoms in total. The van der Waals surface area contributed by atoms with E-state index in [4.69, 9.17) is 26.2 Å². The molecule has 7 heteroatoms. The summed E-state index contributed by atoms with van der Waals surface area (Å²) in [6, 6.07) is 9.92. The Balaban J connectivity index is 1.68. The van der Waals surface area contributed by atoms with E-state index in [9.17, 15) is 4.39 Å². The fourth-order valence-corrected chi connectivity index (χ4v) is 6.03. The monoisotopic (exact) mass is 468 g/mol. The van der Waals surface area contributed by atoms with Gasteiger partial charge in [0.15, 0.2) is 11.6 Å². The van der Waals surface area contributed by atoms with E-state index in [1.165, 1.54) is 6.07 Å². The van der Waals surface area contributed by atoms with Gasteiger partial charge in [0.25, 0.3) is 0 Å². The van der Waals surface area contributed by atoms with Crippen LogP contribution in [0.5, 0.6) is 5.75 Å². The third-order valence-corrected chi connectivity index (χ3v) is 7.78. The Hall–Kier alpha value is -1.34.